The van der Waals surface area contributed by atoms with Gasteiger partial charge in [-0.3, -0.25) is 4.79 Å². The second-order valence-electron chi connectivity index (χ2n) is 7.78. The number of hydrogen-bond donors (Lipinski definition) is 0. The van der Waals surface area contributed by atoms with Gasteiger partial charge in [0.25, 0.3) is 0 Å². The van der Waals surface area contributed by atoms with Crippen LogP contribution in [0.1, 0.15) is 64.0 Å². The molecule has 4 fully saturated rings. The van der Waals surface area contributed by atoms with Gasteiger partial charge in [0.05, 0.1) is 30.3 Å². The van der Waals surface area contributed by atoms with Crippen molar-refractivity contribution in [3.63, 3.8) is 0 Å². The minimum atomic E-state index is -0.137. The highest BCUT2D eigenvalue weighted by molar-refractivity contribution is 5.73. The average molecular weight is 358 g/mol. The summed E-state index contributed by atoms with van der Waals surface area (Å²) in [6.07, 6.45) is 7.37. The Morgan fingerprint density at radius 2 is 1.58 bits per heavy atom. The molecule has 2 aliphatic heterocycles. The molecule has 4 nitrogen and oxygen atoms in total. The third kappa shape index (κ3) is 3.81. The van der Waals surface area contributed by atoms with E-state index in [1.165, 1.54) is 0 Å². The molecule has 7 unspecified atom stereocenters. The highest BCUT2D eigenvalue weighted by atomic mass is 16.6. The topological polar surface area (TPSA) is 51.4 Å². The zero-order valence-corrected chi connectivity index (χ0v) is 15.8. The van der Waals surface area contributed by atoms with E-state index in [0.717, 1.165) is 44.1 Å². The quantitative estimate of drug-likeness (QED) is 0.590. The highest BCUT2D eigenvalue weighted by Gasteiger charge is 2.48. The standard InChI is InChI=1S/C20H24O4.C2H6/c21-20(14-7-9-16-18(11-14)23-16)24-19(12-4-2-1-3-5-12)13-6-8-15-17(10-13)22-15;1-2/h1-5,13-19H,6-11H2;1-2H3. The molecule has 2 saturated heterocycles. The Bertz CT molecular complexity index is 616. The van der Waals surface area contributed by atoms with Crippen molar-refractivity contribution >= 4 is 5.97 Å². The molecule has 2 saturated carbocycles. The van der Waals surface area contributed by atoms with Gasteiger partial charge in [0.1, 0.15) is 6.10 Å². The van der Waals surface area contributed by atoms with Gasteiger partial charge in [0.2, 0.25) is 0 Å². The number of ether oxygens (including phenoxy) is 3. The molecule has 0 N–H and O–H groups in total. The van der Waals surface area contributed by atoms with Crippen molar-refractivity contribution in [3.8, 4) is 0 Å². The molecule has 142 valence electrons. The van der Waals surface area contributed by atoms with Crippen LogP contribution in [0, 0.1) is 11.8 Å². The summed E-state index contributed by atoms with van der Waals surface area (Å²) in [6, 6.07) is 10.2. The van der Waals surface area contributed by atoms with E-state index in [0.29, 0.717) is 30.3 Å². The summed E-state index contributed by atoms with van der Waals surface area (Å²) in [5, 5.41) is 0. The SMILES string of the molecule is CC.O=C(OC(c1ccccc1)C1CCC2OC2C1)C1CCC2OC2C1. The Kier molecular flexibility index (Phi) is 5.32. The normalized spacial score (nSPS) is 37.9. The van der Waals surface area contributed by atoms with Crippen LogP contribution in [0.15, 0.2) is 30.3 Å². The fourth-order valence-corrected chi connectivity index (χ4v) is 4.63. The van der Waals surface area contributed by atoms with Crippen LogP contribution in [-0.4, -0.2) is 30.4 Å². The van der Waals surface area contributed by atoms with Crippen molar-refractivity contribution in [2.75, 3.05) is 0 Å². The van der Waals surface area contributed by atoms with Gasteiger partial charge in [-0.15, -0.1) is 0 Å². The predicted octanol–water partition coefficient (Wildman–Crippen LogP) is 4.43. The van der Waals surface area contributed by atoms with Crippen LogP contribution in [0.3, 0.4) is 0 Å². The van der Waals surface area contributed by atoms with E-state index in [4.69, 9.17) is 14.2 Å². The Morgan fingerprint density at radius 3 is 2.23 bits per heavy atom. The maximum atomic E-state index is 12.8. The van der Waals surface area contributed by atoms with Gasteiger partial charge in [0.15, 0.2) is 0 Å². The van der Waals surface area contributed by atoms with Crippen molar-refractivity contribution in [2.24, 2.45) is 11.8 Å². The molecule has 4 aliphatic rings. The van der Waals surface area contributed by atoms with Crippen molar-refractivity contribution in [2.45, 2.75) is 82.9 Å². The lowest BCUT2D eigenvalue weighted by Gasteiger charge is -2.30. The van der Waals surface area contributed by atoms with Gasteiger partial charge in [-0.05, 0) is 44.1 Å². The molecule has 0 radical (unpaired) electrons. The van der Waals surface area contributed by atoms with E-state index in [-0.39, 0.29) is 18.0 Å². The molecule has 1 aromatic carbocycles. The largest absolute Gasteiger partial charge is 0.457 e. The van der Waals surface area contributed by atoms with E-state index in [1.807, 2.05) is 32.0 Å². The van der Waals surface area contributed by atoms with E-state index in [1.54, 1.807) is 0 Å². The van der Waals surface area contributed by atoms with Gasteiger partial charge < -0.3 is 14.2 Å². The maximum absolute atomic E-state index is 12.8. The summed E-state index contributed by atoms with van der Waals surface area (Å²) in [5.41, 5.74) is 1.12. The van der Waals surface area contributed by atoms with Crippen molar-refractivity contribution < 1.29 is 19.0 Å². The number of carbonyl (C=O) groups excluding carboxylic acids is 1. The van der Waals surface area contributed by atoms with E-state index >= 15 is 0 Å². The number of rotatable bonds is 4. The van der Waals surface area contributed by atoms with Crippen molar-refractivity contribution in [1.82, 2.24) is 0 Å². The number of carbonyl (C=O) groups is 1. The number of benzene rings is 1. The first-order chi connectivity index (χ1) is 12.8. The molecule has 0 bridgehead atoms. The predicted molar refractivity (Wildman–Crippen MR) is 98.6 cm³/mol. The van der Waals surface area contributed by atoms with Gasteiger partial charge >= 0.3 is 5.97 Å². The molecule has 26 heavy (non-hydrogen) atoms. The fourth-order valence-electron chi connectivity index (χ4n) is 4.63. The molecule has 5 rings (SSSR count). The second kappa shape index (κ2) is 7.69. The second-order valence-corrected chi connectivity index (χ2v) is 7.78. The Morgan fingerprint density at radius 1 is 0.923 bits per heavy atom. The first-order valence-corrected chi connectivity index (χ1v) is 10.3. The maximum Gasteiger partial charge on any atom is 0.309 e. The van der Waals surface area contributed by atoms with Gasteiger partial charge in [-0.1, -0.05) is 44.2 Å². The van der Waals surface area contributed by atoms with Crippen LogP contribution in [0.2, 0.25) is 0 Å². The zero-order valence-electron chi connectivity index (χ0n) is 15.8. The summed E-state index contributed by atoms with van der Waals surface area (Å²) < 4.78 is 17.3. The number of hydrogen-bond acceptors (Lipinski definition) is 4. The Hall–Kier alpha value is -1.39. The first kappa shape index (κ1) is 18.0. The zero-order chi connectivity index (χ0) is 18.1. The summed E-state index contributed by atoms with van der Waals surface area (Å²) in [4.78, 5) is 12.8. The van der Waals surface area contributed by atoms with E-state index in [9.17, 15) is 4.79 Å². The van der Waals surface area contributed by atoms with Crippen LogP contribution in [0.5, 0.6) is 0 Å². The molecule has 7 atom stereocenters. The van der Waals surface area contributed by atoms with E-state index < -0.39 is 0 Å². The summed E-state index contributed by atoms with van der Waals surface area (Å²) in [5.74, 6) is 0.346. The third-order valence-electron chi connectivity index (χ3n) is 6.18. The molecule has 2 aliphatic carbocycles. The first-order valence-electron chi connectivity index (χ1n) is 10.3. The van der Waals surface area contributed by atoms with Gasteiger partial charge in [-0.2, -0.15) is 0 Å². The monoisotopic (exact) mass is 358 g/mol. The number of epoxide rings is 2. The van der Waals surface area contributed by atoms with Crippen LogP contribution in [-0.2, 0) is 19.0 Å². The molecule has 0 spiro atoms. The van der Waals surface area contributed by atoms with Crippen LogP contribution in [0.4, 0.5) is 0 Å². The summed E-state index contributed by atoms with van der Waals surface area (Å²) in [6.45, 7) is 4.00. The van der Waals surface area contributed by atoms with Crippen LogP contribution in [0.25, 0.3) is 0 Å². The number of fused-ring (bicyclic) bond motifs is 2. The fraction of sp³-hybridized carbons (Fsp3) is 0.682. The third-order valence-corrected chi connectivity index (χ3v) is 6.18. The minimum Gasteiger partial charge on any atom is -0.457 e. The van der Waals surface area contributed by atoms with Crippen LogP contribution >= 0.6 is 0 Å². The van der Waals surface area contributed by atoms with Crippen molar-refractivity contribution in [3.05, 3.63) is 35.9 Å². The summed E-state index contributed by atoms with van der Waals surface area (Å²) in [7, 11) is 0. The minimum absolute atomic E-state index is 0.00785. The summed E-state index contributed by atoms with van der Waals surface area (Å²) >= 11 is 0. The Balaban J connectivity index is 0.000000814. The van der Waals surface area contributed by atoms with E-state index in [2.05, 4.69) is 12.1 Å². The van der Waals surface area contributed by atoms with Crippen molar-refractivity contribution in [1.29, 1.82) is 0 Å². The number of esters is 1. The van der Waals surface area contributed by atoms with Gasteiger partial charge in [0, 0.05) is 5.92 Å². The molecule has 4 heteroatoms. The van der Waals surface area contributed by atoms with Gasteiger partial charge in [-0.25, -0.2) is 0 Å². The smallest absolute Gasteiger partial charge is 0.309 e. The molecule has 0 amide bonds. The average Bonchev–Trinajstić information content (AvgIpc) is 3.61. The highest BCUT2D eigenvalue weighted by Crippen LogP contribution is 2.46. The molecule has 2 heterocycles. The lowest BCUT2D eigenvalue weighted by atomic mass is 9.82. The molecular weight excluding hydrogens is 328 g/mol. The molecular formula is C22H30O4. The Labute approximate surface area is 156 Å². The lowest BCUT2D eigenvalue weighted by molar-refractivity contribution is -0.159. The van der Waals surface area contributed by atoms with Crippen LogP contribution < -0.4 is 0 Å². The molecule has 1 aromatic rings. The molecule has 0 aromatic heterocycles. The lowest BCUT2D eigenvalue weighted by Crippen LogP contribution is -2.29.